The molecule has 0 atom stereocenters. The van der Waals surface area contributed by atoms with E-state index in [0.29, 0.717) is 19.6 Å². The molecule has 0 amide bonds. The van der Waals surface area contributed by atoms with E-state index in [0.717, 1.165) is 22.6 Å². The third-order valence-electron chi connectivity index (χ3n) is 3.47. The molecule has 0 fully saturated rings. The molecular weight excluding hydrogens is 292 g/mol. The van der Waals surface area contributed by atoms with Gasteiger partial charge in [-0.3, -0.25) is 4.79 Å². The van der Waals surface area contributed by atoms with E-state index >= 15 is 0 Å². The molecule has 2 aromatic carbocycles. The fourth-order valence-electron chi connectivity index (χ4n) is 2.31. The Morgan fingerprint density at radius 2 is 1.83 bits per heavy atom. The second-order valence-corrected chi connectivity index (χ2v) is 5.51. The highest BCUT2D eigenvalue weighted by Crippen LogP contribution is 2.19. The van der Waals surface area contributed by atoms with Gasteiger partial charge in [-0.2, -0.15) is 0 Å². The lowest BCUT2D eigenvalue weighted by molar-refractivity contribution is -0.136. The first-order valence-corrected chi connectivity index (χ1v) is 7.68. The van der Waals surface area contributed by atoms with E-state index in [2.05, 4.69) is 13.0 Å². The largest absolute Gasteiger partial charge is 0.490 e. The zero-order valence-corrected chi connectivity index (χ0v) is 13.5. The quantitative estimate of drug-likeness (QED) is 0.753. The minimum Gasteiger partial charge on any atom is -0.490 e. The summed E-state index contributed by atoms with van der Waals surface area (Å²) in [5, 5.41) is 8.72. The monoisotopic (exact) mass is 314 g/mol. The van der Waals surface area contributed by atoms with Crippen LogP contribution in [0.3, 0.4) is 0 Å². The van der Waals surface area contributed by atoms with Crippen LogP contribution in [0.2, 0.25) is 0 Å². The first-order valence-electron chi connectivity index (χ1n) is 7.68. The molecule has 0 heterocycles. The fraction of sp³-hybridized carbons (Fsp3) is 0.316. The number of rotatable bonds is 8. The zero-order valence-electron chi connectivity index (χ0n) is 13.5. The Morgan fingerprint density at radius 3 is 2.57 bits per heavy atom. The van der Waals surface area contributed by atoms with Crippen molar-refractivity contribution in [3.05, 3.63) is 59.2 Å². The van der Waals surface area contributed by atoms with Gasteiger partial charge in [-0.1, -0.05) is 29.8 Å². The molecule has 0 bridgehead atoms. The first kappa shape index (κ1) is 16.9. The van der Waals surface area contributed by atoms with Gasteiger partial charge in [0.25, 0.3) is 0 Å². The third kappa shape index (κ3) is 5.66. The molecule has 2 rings (SSSR count). The number of aliphatic carboxylic acids is 1. The Balaban J connectivity index is 1.79. The molecule has 0 aliphatic carbocycles. The summed E-state index contributed by atoms with van der Waals surface area (Å²) >= 11 is 0. The highest BCUT2D eigenvalue weighted by molar-refractivity contribution is 5.67. The number of carboxylic acids is 1. The maximum atomic E-state index is 10.6. The van der Waals surface area contributed by atoms with Crippen molar-refractivity contribution in [1.82, 2.24) is 0 Å². The van der Waals surface area contributed by atoms with Crippen LogP contribution < -0.4 is 9.47 Å². The molecule has 0 saturated heterocycles. The van der Waals surface area contributed by atoms with Gasteiger partial charge in [-0.05, 0) is 49.6 Å². The molecule has 0 saturated carbocycles. The van der Waals surface area contributed by atoms with Crippen molar-refractivity contribution in [2.75, 3.05) is 13.2 Å². The predicted octanol–water partition coefficient (Wildman–Crippen LogP) is 3.78. The van der Waals surface area contributed by atoms with Gasteiger partial charge in [0.05, 0.1) is 0 Å². The van der Waals surface area contributed by atoms with Gasteiger partial charge < -0.3 is 14.6 Å². The van der Waals surface area contributed by atoms with Gasteiger partial charge in [0, 0.05) is 6.42 Å². The Bertz CT molecular complexity index is 664. The average Bonchev–Trinajstić information content (AvgIpc) is 2.51. The number of ether oxygens (including phenoxy) is 2. The van der Waals surface area contributed by atoms with E-state index in [4.69, 9.17) is 14.6 Å². The number of hydrogen-bond donors (Lipinski definition) is 1. The molecule has 122 valence electrons. The van der Waals surface area contributed by atoms with Crippen LogP contribution in [0.1, 0.15) is 23.1 Å². The maximum Gasteiger partial charge on any atom is 0.303 e. The highest BCUT2D eigenvalue weighted by Gasteiger charge is 2.02. The second-order valence-electron chi connectivity index (χ2n) is 5.51. The molecular formula is C19H22O4. The number of benzene rings is 2. The standard InChI is InChI=1S/C19H22O4/c1-14-6-8-18(15(2)12-14)23-11-10-22-17-5-3-4-16(13-17)7-9-19(20)21/h3-6,8,12-13H,7,9-11H2,1-2H3,(H,20,21). The fourth-order valence-corrected chi connectivity index (χ4v) is 2.31. The maximum absolute atomic E-state index is 10.6. The minimum atomic E-state index is -0.793. The molecule has 0 aliphatic rings. The predicted molar refractivity (Wildman–Crippen MR) is 89.3 cm³/mol. The van der Waals surface area contributed by atoms with Crippen LogP contribution in [0, 0.1) is 13.8 Å². The van der Waals surface area contributed by atoms with Gasteiger partial charge in [-0.25, -0.2) is 0 Å². The summed E-state index contributed by atoms with van der Waals surface area (Å²) in [6, 6.07) is 13.6. The van der Waals surface area contributed by atoms with Crippen LogP contribution in [0.25, 0.3) is 0 Å². The summed E-state index contributed by atoms with van der Waals surface area (Å²) in [4.78, 5) is 10.6. The molecule has 0 aliphatic heterocycles. The Kier molecular flexibility index (Phi) is 6.03. The topological polar surface area (TPSA) is 55.8 Å². The molecule has 2 aromatic rings. The van der Waals surface area contributed by atoms with E-state index in [1.165, 1.54) is 5.56 Å². The summed E-state index contributed by atoms with van der Waals surface area (Å²) in [5.74, 6) is 0.810. The van der Waals surface area contributed by atoms with E-state index in [1.807, 2.05) is 43.3 Å². The van der Waals surface area contributed by atoms with Gasteiger partial charge in [0.2, 0.25) is 0 Å². The van der Waals surface area contributed by atoms with E-state index in [-0.39, 0.29) is 6.42 Å². The van der Waals surface area contributed by atoms with Crippen LogP contribution in [0.4, 0.5) is 0 Å². The summed E-state index contributed by atoms with van der Waals surface area (Å²) in [5.41, 5.74) is 3.28. The van der Waals surface area contributed by atoms with Gasteiger partial charge >= 0.3 is 5.97 Å². The van der Waals surface area contributed by atoms with Crippen LogP contribution >= 0.6 is 0 Å². The van der Waals surface area contributed by atoms with E-state index < -0.39 is 5.97 Å². The number of carbonyl (C=O) groups is 1. The second kappa shape index (κ2) is 8.22. The molecule has 23 heavy (non-hydrogen) atoms. The number of hydrogen-bond acceptors (Lipinski definition) is 3. The lowest BCUT2D eigenvalue weighted by Crippen LogP contribution is -2.09. The van der Waals surface area contributed by atoms with Crippen LogP contribution in [-0.4, -0.2) is 24.3 Å². The Hall–Kier alpha value is -2.49. The number of aryl methyl sites for hydroxylation is 3. The van der Waals surface area contributed by atoms with Crippen molar-refractivity contribution in [1.29, 1.82) is 0 Å². The van der Waals surface area contributed by atoms with Crippen molar-refractivity contribution >= 4 is 5.97 Å². The van der Waals surface area contributed by atoms with Crippen molar-refractivity contribution in [2.24, 2.45) is 0 Å². The smallest absolute Gasteiger partial charge is 0.303 e. The summed E-state index contributed by atoms with van der Waals surface area (Å²) < 4.78 is 11.4. The summed E-state index contributed by atoms with van der Waals surface area (Å²) in [7, 11) is 0. The van der Waals surface area contributed by atoms with Crippen molar-refractivity contribution in [3.63, 3.8) is 0 Å². The Labute approximate surface area is 136 Å². The summed E-state index contributed by atoms with van der Waals surface area (Å²) in [6.45, 7) is 4.98. The lowest BCUT2D eigenvalue weighted by atomic mass is 10.1. The Morgan fingerprint density at radius 1 is 1.04 bits per heavy atom. The van der Waals surface area contributed by atoms with Crippen molar-refractivity contribution < 1.29 is 19.4 Å². The van der Waals surface area contributed by atoms with Gasteiger partial charge in [-0.15, -0.1) is 0 Å². The van der Waals surface area contributed by atoms with E-state index in [9.17, 15) is 4.79 Å². The van der Waals surface area contributed by atoms with E-state index in [1.54, 1.807) is 0 Å². The average molecular weight is 314 g/mol. The molecule has 0 aromatic heterocycles. The molecule has 1 N–H and O–H groups in total. The molecule has 4 nitrogen and oxygen atoms in total. The molecule has 4 heteroatoms. The lowest BCUT2D eigenvalue weighted by Gasteiger charge is -2.11. The molecule has 0 spiro atoms. The number of carboxylic acid groups (broad SMARTS) is 1. The van der Waals surface area contributed by atoms with Gasteiger partial charge in [0.1, 0.15) is 24.7 Å². The third-order valence-corrected chi connectivity index (χ3v) is 3.47. The summed E-state index contributed by atoms with van der Waals surface area (Å²) in [6.07, 6.45) is 0.630. The van der Waals surface area contributed by atoms with Crippen molar-refractivity contribution in [2.45, 2.75) is 26.7 Å². The normalized spacial score (nSPS) is 10.3. The molecule has 0 radical (unpaired) electrons. The SMILES string of the molecule is Cc1ccc(OCCOc2cccc(CCC(=O)O)c2)c(C)c1. The van der Waals surface area contributed by atoms with Crippen LogP contribution in [0.15, 0.2) is 42.5 Å². The van der Waals surface area contributed by atoms with Crippen LogP contribution in [0.5, 0.6) is 11.5 Å². The zero-order chi connectivity index (χ0) is 16.7. The highest BCUT2D eigenvalue weighted by atomic mass is 16.5. The van der Waals surface area contributed by atoms with Crippen LogP contribution in [-0.2, 0) is 11.2 Å². The van der Waals surface area contributed by atoms with Gasteiger partial charge in [0.15, 0.2) is 0 Å². The molecule has 0 unspecified atom stereocenters. The van der Waals surface area contributed by atoms with Crippen molar-refractivity contribution in [3.8, 4) is 11.5 Å². The first-order chi connectivity index (χ1) is 11.0. The minimum absolute atomic E-state index is 0.124.